The highest BCUT2D eigenvalue weighted by atomic mass is 15.4. The summed E-state index contributed by atoms with van der Waals surface area (Å²) in [6, 6.07) is 9.65. The van der Waals surface area contributed by atoms with E-state index in [0.717, 1.165) is 12.8 Å². The maximum absolute atomic E-state index is 4.65. The van der Waals surface area contributed by atoms with Crippen LogP contribution < -0.4 is 0 Å². The number of hydrogen-bond acceptors (Lipinski definition) is 3. The van der Waals surface area contributed by atoms with Gasteiger partial charge in [-0.15, -0.1) is 0 Å². The molecule has 116 valence electrons. The number of benzene rings is 1. The molecule has 0 amide bonds. The fourth-order valence-corrected chi connectivity index (χ4v) is 4.07. The number of likely N-dealkylation sites (tertiary alicyclic amines) is 1. The summed E-state index contributed by atoms with van der Waals surface area (Å²) in [5.74, 6) is 1.17. The first kappa shape index (κ1) is 13.9. The second-order valence-electron chi connectivity index (χ2n) is 6.74. The van der Waals surface area contributed by atoms with Crippen molar-refractivity contribution in [3.8, 4) is 0 Å². The molecule has 0 unspecified atom stereocenters. The van der Waals surface area contributed by atoms with Crippen molar-refractivity contribution in [2.45, 2.75) is 50.6 Å². The fraction of sp³-hybridized carbons (Fsp3) is 0.556. The van der Waals surface area contributed by atoms with E-state index in [9.17, 15) is 0 Å². The third kappa shape index (κ3) is 2.45. The van der Waals surface area contributed by atoms with E-state index in [1.807, 2.05) is 0 Å². The molecule has 1 atom stereocenters. The number of hydrogen-bond donors (Lipinski definition) is 0. The zero-order valence-corrected chi connectivity index (χ0v) is 13.3. The lowest BCUT2D eigenvalue weighted by atomic mass is 10.1. The summed E-state index contributed by atoms with van der Waals surface area (Å²) < 4.78 is 2.21. The Balaban J connectivity index is 1.61. The van der Waals surface area contributed by atoms with Gasteiger partial charge in [0.05, 0.1) is 12.1 Å². The van der Waals surface area contributed by atoms with E-state index in [1.54, 1.807) is 6.33 Å². The van der Waals surface area contributed by atoms with Crippen molar-refractivity contribution in [3.05, 3.63) is 47.5 Å². The minimum atomic E-state index is 0.425. The Bertz CT molecular complexity index is 623. The largest absolute Gasteiger partial charge is 0.297 e. The van der Waals surface area contributed by atoms with Crippen molar-refractivity contribution in [2.24, 2.45) is 0 Å². The SMILES string of the molecule is CN1CCCCC[C@@H]1c1ncnn1C1Cc2ccccc2C1. The minimum Gasteiger partial charge on any atom is -0.297 e. The molecule has 1 fully saturated rings. The lowest BCUT2D eigenvalue weighted by Gasteiger charge is -2.26. The van der Waals surface area contributed by atoms with Crippen molar-refractivity contribution in [3.63, 3.8) is 0 Å². The van der Waals surface area contributed by atoms with Gasteiger partial charge in [-0.3, -0.25) is 4.90 Å². The molecular weight excluding hydrogens is 272 g/mol. The first-order valence-corrected chi connectivity index (χ1v) is 8.49. The first-order valence-electron chi connectivity index (χ1n) is 8.49. The van der Waals surface area contributed by atoms with Gasteiger partial charge in [-0.1, -0.05) is 37.1 Å². The van der Waals surface area contributed by atoms with Gasteiger partial charge in [0.25, 0.3) is 0 Å². The summed E-state index contributed by atoms with van der Waals surface area (Å²) in [5.41, 5.74) is 2.95. The fourth-order valence-electron chi connectivity index (χ4n) is 4.07. The molecule has 1 aliphatic heterocycles. The Morgan fingerprint density at radius 2 is 1.82 bits per heavy atom. The van der Waals surface area contributed by atoms with Crippen molar-refractivity contribution in [2.75, 3.05) is 13.6 Å². The third-order valence-corrected chi connectivity index (χ3v) is 5.29. The Labute approximate surface area is 132 Å². The van der Waals surface area contributed by atoms with Gasteiger partial charge in [0.2, 0.25) is 0 Å². The van der Waals surface area contributed by atoms with E-state index in [0.29, 0.717) is 12.1 Å². The molecule has 2 heterocycles. The summed E-state index contributed by atoms with van der Waals surface area (Å²) in [7, 11) is 2.23. The van der Waals surface area contributed by atoms with E-state index in [1.165, 1.54) is 49.2 Å². The predicted molar refractivity (Wildman–Crippen MR) is 86.7 cm³/mol. The van der Waals surface area contributed by atoms with Crippen LogP contribution in [0.5, 0.6) is 0 Å². The highest BCUT2D eigenvalue weighted by Gasteiger charge is 2.29. The van der Waals surface area contributed by atoms with Gasteiger partial charge >= 0.3 is 0 Å². The van der Waals surface area contributed by atoms with Crippen LogP contribution in [-0.4, -0.2) is 33.3 Å². The van der Waals surface area contributed by atoms with Crippen LogP contribution in [0.1, 0.15) is 54.7 Å². The molecule has 4 nitrogen and oxygen atoms in total. The molecular formula is C18H24N4. The van der Waals surface area contributed by atoms with E-state index in [4.69, 9.17) is 0 Å². The molecule has 4 rings (SSSR count). The molecule has 2 aliphatic rings. The van der Waals surface area contributed by atoms with Crippen molar-refractivity contribution < 1.29 is 0 Å². The zero-order valence-electron chi connectivity index (χ0n) is 13.3. The lowest BCUT2D eigenvalue weighted by Crippen LogP contribution is -2.28. The maximum atomic E-state index is 4.65. The minimum absolute atomic E-state index is 0.425. The second-order valence-corrected chi connectivity index (χ2v) is 6.74. The molecule has 1 aliphatic carbocycles. The maximum Gasteiger partial charge on any atom is 0.144 e. The number of rotatable bonds is 2. The van der Waals surface area contributed by atoms with Crippen LogP contribution in [0.25, 0.3) is 0 Å². The summed E-state index contributed by atoms with van der Waals surface area (Å²) in [6.07, 6.45) is 9.06. The molecule has 1 aromatic heterocycles. The normalized spacial score (nSPS) is 23.4. The van der Waals surface area contributed by atoms with Gasteiger partial charge in [0, 0.05) is 0 Å². The molecule has 1 saturated heterocycles. The zero-order chi connectivity index (χ0) is 14.9. The Morgan fingerprint density at radius 1 is 1.05 bits per heavy atom. The summed E-state index contributed by atoms with van der Waals surface area (Å²) in [6.45, 7) is 1.17. The van der Waals surface area contributed by atoms with Crippen LogP contribution in [0.15, 0.2) is 30.6 Å². The van der Waals surface area contributed by atoms with Gasteiger partial charge in [-0.05, 0) is 50.4 Å². The van der Waals surface area contributed by atoms with Crippen LogP contribution in [-0.2, 0) is 12.8 Å². The van der Waals surface area contributed by atoms with Crippen LogP contribution in [0.3, 0.4) is 0 Å². The van der Waals surface area contributed by atoms with Gasteiger partial charge in [0.15, 0.2) is 0 Å². The van der Waals surface area contributed by atoms with E-state index < -0.39 is 0 Å². The Kier molecular flexibility index (Phi) is 3.70. The second kappa shape index (κ2) is 5.84. The molecule has 0 spiro atoms. The van der Waals surface area contributed by atoms with Gasteiger partial charge < -0.3 is 0 Å². The molecule has 1 aromatic carbocycles. The predicted octanol–water partition coefficient (Wildman–Crippen LogP) is 3.16. The summed E-state index contributed by atoms with van der Waals surface area (Å²) in [5, 5.41) is 4.60. The molecule has 0 saturated carbocycles. The third-order valence-electron chi connectivity index (χ3n) is 5.29. The van der Waals surface area contributed by atoms with Crippen molar-refractivity contribution >= 4 is 0 Å². The monoisotopic (exact) mass is 296 g/mol. The van der Waals surface area contributed by atoms with Crippen LogP contribution >= 0.6 is 0 Å². The average molecular weight is 296 g/mol. The van der Waals surface area contributed by atoms with Crippen LogP contribution in [0.4, 0.5) is 0 Å². The van der Waals surface area contributed by atoms with E-state index in [-0.39, 0.29) is 0 Å². The Hall–Kier alpha value is -1.68. The standard InChI is InChI=1S/C18H24N4/c1-21-10-6-2-3-9-17(21)18-19-13-20-22(18)16-11-14-7-4-5-8-15(14)12-16/h4-5,7-8,13,16-17H,2-3,6,9-12H2,1H3/t17-/m1/s1. The number of nitrogens with zero attached hydrogens (tertiary/aromatic N) is 4. The summed E-state index contributed by atoms with van der Waals surface area (Å²) in [4.78, 5) is 7.12. The first-order chi connectivity index (χ1) is 10.8. The van der Waals surface area contributed by atoms with Crippen molar-refractivity contribution in [1.82, 2.24) is 19.7 Å². The average Bonchev–Trinajstić information content (AvgIpc) is 3.11. The number of fused-ring (bicyclic) bond motifs is 1. The highest BCUT2D eigenvalue weighted by molar-refractivity contribution is 5.32. The molecule has 2 aromatic rings. The molecule has 0 bridgehead atoms. The Morgan fingerprint density at radius 3 is 2.59 bits per heavy atom. The van der Waals surface area contributed by atoms with Gasteiger partial charge in [0.1, 0.15) is 12.2 Å². The van der Waals surface area contributed by atoms with E-state index >= 15 is 0 Å². The van der Waals surface area contributed by atoms with Crippen molar-refractivity contribution in [1.29, 1.82) is 0 Å². The van der Waals surface area contributed by atoms with Gasteiger partial charge in [-0.25, -0.2) is 9.67 Å². The topological polar surface area (TPSA) is 34.0 Å². The summed E-state index contributed by atoms with van der Waals surface area (Å²) >= 11 is 0. The quantitative estimate of drug-likeness (QED) is 0.853. The van der Waals surface area contributed by atoms with Crippen LogP contribution in [0.2, 0.25) is 0 Å². The lowest BCUT2D eigenvalue weighted by molar-refractivity contribution is 0.228. The molecule has 4 heteroatoms. The van der Waals surface area contributed by atoms with Crippen LogP contribution in [0, 0.1) is 0 Å². The smallest absolute Gasteiger partial charge is 0.144 e. The van der Waals surface area contributed by atoms with Gasteiger partial charge in [-0.2, -0.15) is 5.10 Å². The molecule has 22 heavy (non-hydrogen) atoms. The highest BCUT2D eigenvalue weighted by Crippen LogP contribution is 2.34. The molecule has 0 N–H and O–H groups in total. The van der Waals surface area contributed by atoms with E-state index in [2.05, 4.69) is 51.0 Å². The molecule has 0 radical (unpaired) electrons. The number of aromatic nitrogens is 3.